The fraction of sp³-hybridized carbons (Fsp3) is 0.200. The molecular weight excluding hydrogens is 298 g/mol. The highest BCUT2D eigenvalue weighted by molar-refractivity contribution is 6.04. The van der Waals surface area contributed by atoms with Gasteiger partial charge in [0.25, 0.3) is 5.91 Å². The summed E-state index contributed by atoms with van der Waals surface area (Å²) in [5.74, 6) is -0.107. The van der Waals surface area contributed by atoms with Crippen molar-refractivity contribution in [2.75, 3.05) is 5.32 Å². The van der Waals surface area contributed by atoms with Gasteiger partial charge in [0.2, 0.25) is 0 Å². The summed E-state index contributed by atoms with van der Waals surface area (Å²) in [4.78, 5) is 12.4. The minimum absolute atomic E-state index is 0.107. The van der Waals surface area contributed by atoms with Crippen LogP contribution in [0.5, 0.6) is 0 Å². The maximum absolute atomic E-state index is 12.4. The monoisotopic (exact) mass is 319 g/mol. The molecule has 1 amide bonds. The van der Waals surface area contributed by atoms with Gasteiger partial charge in [-0.3, -0.25) is 9.48 Å². The van der Waals surface area contributed by atoms with Crippen LogP contribution in [0.15, 0.2) is 60.9 Å². The van der Waals surface area contributed by atoms with E-state index in [4.69, 9.17) is 0 Å². The number of carbonyl (C=O) groups is 1. The van der Waals surface area contributed by atoms with Crippen molar-refractivity contribution in [3.63, 3.8) is 0 Å². The molecule has 3 rings (SSSR count). The number of amides is 1. The smallest absolute Gasteiger partial charge is 0.255 e. The van der Waals surface area contributed by atoms with Crippen LogP contribution in [0.25, 0.3) is 0 Å². The van der Waals surface area contributed by atoms with Crippen LogP contribution in [0.3, 0.4) is 0 Å². The molecule has 1 N–H and O–H groups in total. The van der Waals surface area contributed by atoms with Crippen LogP contribution in [0, 0.1) is 13.8 Å². The van der Waals surface area contributed by atoms with Gasteiger partial charge in [-0.25, -0.2) is 0 Å². The van der Waals surface area contributed by atoms with E-state index >= 15 is 0 Å². The van der Waals surface area contributed by atoms with Gasteiger partial charge in [0.05, 0.1) is 11.9 Å². The van der Waals surface area contributed by atoms with Crippen LogP contribution >= 0.6 is 0 Å². The van der Waals surface area contributed by atoms with Crippen molar-refractivity contribution in [2.24, 2.45) is 0 Å². The SMILES string of the molecule is Cc1cc(C)cc(C(=O)Nc2cnn(CCc3ccccc3)c2)c1. The number of aromatic nitrogens is 2. The Morgan fingerprint density at radius 1 is 1.08 bits per heavy atom. The van der Waals surface area contributed by atoms with Gasteiger partial charge in [-0.2, -0.15) is 5.10 Å². The van der Waals surface area contributed by atoms with E-state index in [0.717, 1.165) is 24.1 Å². The highest BCUT2D eigenvalue weighted by Gasteiger charge is 2.08. The predicted octanol–water partition coefficient (Wildman–Crippen LogP) is 3.99. The number of hydrogen-bond acceptors (Lipinski definition) is 2. The predicted molar refractivity (Wildman–Crippen MR) is 96.2 cm³/mol. The standard InChI is InChI=1S/C20H21N3O/c1-15-10-16(2)12-18(11-15)20(24)22-19-13-21-23(14-19)9-8-17-6-4-3-5-7-17/h3-7,10-14H,8-9H2,1-2H3,(H,22,24). The average Bonchev–Trinajstić information content (AvgIpc) is 3.00. The van der Waals surface area contributed by atoms with Crippen molar-refractivity contribution < 1.29 is 4.79 Å². The Morgan fingerprint density at radius 3 is 2.50 bits per heavy atom. The van der Waals surface area contributed by atoms with Gasteiger partial charge in [-0.05, 0) is 38.0 Å². The molecule has 0 radical (unpaired) electrons. The normalized spacial score (nSPS) is 10.6. The third-order valence-electron chi connectivity index (χ3n) is 3.85. The molecule has 3 aromatic rings. The van der Waals surface area contributed by atoms with Gasteiger partial charge >= 0.3 is 0 Å². The molecular formula is C20H21N3O. The second kappa shape index (κ2) is 7.13. The molecule has 0 saturated heterocycles. The van der Waals surface area contributed by atoms with Gasteiger partial charge in [0, 0.05) is 18.3 Å². The van der Waals surface area contributed by atoms with E-state index in [0.29, 0.717) is 11.3 Å². The van der Waals surface area contributed by atoms with E-state index in [2.05, 4.69) is 28.6 Å². The zero-order chi connectivity index (χ0) is 16.9. The Balaban J connectivity index is 1.62. The fourth-order valence-corrected chi connectivity index (χ4v) is 2.75. The van der Waals surface area contributed by atoms with Gasteiger partial charge in [0.15, 0.2) is 0 Å². The first-order valence-electron chi connectivity index (χ1n) is 8.06. The van der Waals surface area contributed by atoms with Gasteiger partial charge in [-0.1, -0.05) is 47.5 Å². The highest BCUT2D eigenvalue weighted by Crippen LogP contribution is 2.12. The van der Waals surface area contributed by atoms with Crippen molar-refractivity contribution >= 4 is 11.6 Å². The summed E-state index contributed by atoms with van der Waals surface area (Å²) >= 11 is 0. The molecule has 0 spiro atoms. The van der Waals surface area contributed by atoms with Crippen molar-refractivity contribution in [3.05, 3.63) is 83.2 Å². The van der Waals surface area contributed by atoms with E-state index in [-0.39, 0.29) is 5.91 Å². The number of anilines is 1. The number of nitrogens with one attached hydrogen (secondary N) is 1. The Bertz CT molecular complexity index is 817. The number of rotatable bonds is 5. The van der Waals surface area contributed by atoms with Crippen LogP contribution in [0.1, 0.15) is 27.0 Å². The molecule has 0 aliphatic rings. The van der Waals surface area contributed by atoms with Crippen LogP contribution < -0.4 is 5.32 Å². The first-order chi connectivity index (χ1) is 11.6. The van der Waals surface area contributed by atoms with Gasteiger partial charge < -0.3 is 5.32 Å². The third-order valence-corrected chi connectivity index (χ3v) is 3.85. The summed E-state index contributed by atoms with van der Waals surface area (Å²) in [6.07, 6.45) is 4.46. The summed E-state index contributed by atoms with van der Waals surface area (Å²) < 4.78 is 1.85. The zero-order valence-electron chi connectivity index (χ0n) is 14.0. The maximum atomic E-state index is 12.4. The van der Waals surface area contributed by atoms with Crippen LogP contribution in [0.4, 0.5) is 5.69 Å². The topological polar surface area (TPSA) is 46.9 Å². The quantitative estimate of drug-likeness (QED) is 0.773. The molecule has 4 nitrogen and oxygen atoms in total. The summed E-state index contributed by atoms with van der Waals surface area (Å²) in [6.45, 7) is 4.76. The third kappa shape index (κ3) is 4.10. The lowest BCUT2D eigenvalue weighted by atomic mass is 10.1. The second-order valence-electron chi connectivity index (χ2n) is 6.06. The summed E-state index contributed by atoms with van der Waals surface area (Å²) in [7, 11) is 0. The molecule has 2 aromatic carbocycles. The second-order valence-corrected chi connectivity index (χ2v) is 6.06. The lowest BCUT2D eigenvalue weighted by molar-refractivity contribution is 0.102. The maximum Gasteiger partial charge on any atom is 0.255 e. The number of nitrogens with zero attached hydrogens (tertiary/aromatic N) is 2. The Hall–Kier alpha value is -2.88. The molecule has 24 heavy (non-hydrogen) atoms. The van der Waals surface area contributed by atoms with Crippen molar-refractivity contribution in [1.29, 1.82) is 0 Å². The zero-order valence-corrected chi connectivity index (χ0v) is 14.0. The Labute approximate surface area is 142 Å². The van der Waals surface area contributed by atoms with Gasteiger partial charge in [0.1, 0.15) is 0 Å². The Kier molecular flexibility index (Phi) is 4.75. The van der Waals surface area contributed by atoms with Crippen molar-refractivity contribution in [3.8, 4) is 0 Å². The van der Waals surface area contributed by atoms with Crippen LogP contribution in [0.2, 0.25) is 0 Å². The first kappa shape index (κ1) is 16.0. The molecule has 1 aromatic heterocycles. The number of aryl methyl sites for hydroxylation is 4. The van der Waals surface area contributed by atoms with E-state index in [9.17, 15) is 4.79 Å². The molecule has 0 fully saturated rings. The van der Waals surface area contributed by atoms with Crippen LogP contribution in [-0.4, -0.2) is 15.7 Å². The van der Waals surface area contributed by atoms with Crippen LogP contribution in [-0.2, 0) is 13.0 Å². The Morgan fingerprint density at radius 2 is 1.79 bits per heavy atom. The molecule has 0 saturated carbocycles. The summed E-state index contributed by atoms with van der Waals surface area (Å²) in [5.41, 5.74) is 4.82. The van der Waals surface area contributed by atoms with E-state index in [1.807, 2.05) is 55.1 Å². The largest absolute Gasteiger partial charge is 0.319 e. The number of carbonyl (C=O) groups excluding carboxylic acids is 1. The molecule has 0 aliphatic carbocycles. The van der Waals surface area contributed by atoms with E-state index in [1.54, 1.807) is 6.20 Å². The molecule has 1 heterocycles. The minimum atomic E-state index is -0.107. The van der Waals surface area contributed by atoms with Gasteiger partial charge in [-0.15, -0.1) is 0 Å². The number of hydrogen-bond donors (Lipinski definition) is 1. The molecule has 4 heteroatoms. The van der Waals surface area contributed by atoms with Crippen molar-refractivity contribution in [1.82, 2.24) is 9.78 Å². The lowest BCUT2D eigenvalue weighted by Crippen LogP contribution is -2.12. The molecule has 0 bridgehead atoms. The number of benzene rings is 2. The fourth-order valence-electron chi connectivity index (χ4n) is 2.75. The van der Waals surface area contributed by atoms with E-state index in [1.165, 1.54) is 5.56 Å². The lowest BCUT2D eigenvalue weighted by Gasteiger charge is -2.05. The highest BCUT2D eigenvalue weighted by atomic mass is 16.1. The minimum Gasteiger partial charge on any atom is -0.319 e. The molecule has 0 aliphatic heterocycles. The van der Waals surface area contributed by atoms with E-state index < -0.39 is 0 Å². The summed E-state index contributed by atoms with van der Waals surface area (Å²) in [5, 5.41) is 7.22. The first-order valence-corrected chi connectivity index (χ1v) is 8.06. The molecule has 0 unspecified atom stereocenters. The molecule has 122 valence electrons. The summed E-state index contributed by atoms with van der Waals surface area (Å²) in [6, 6.07) is 16.1. The van der Waals surface area contributed by atoms with Crippen molar-refractivity contribution in [2.45, 2.75) is 26.8 Å². The molecule has 0 atom stereocenters. The average molecular weight is 319 g/mol.